The van der Waals surface area contributed by atoms with Gasteiger partial charge in [0.05, 0.1) is 31.9 Å². The van der Waals surface area contributed by atoms with Gasteiger partial charge in [-0.1, -0.05) is 15.9 Å². The van der Waals surface area contributed by atoms with Crippen LogP contribution in [0.1, 0.15) is 11.1 Å². The second-order valence-electron chi connectivity index (χ2n) is 5.78. The van der Waals surface area contributed by atoms with Crippen LogP contribution < -0.4 is 14.8 Å². The molecule has 0 heterocycles. The molecule has 0 aromatic heterocycles. The van der Waals surface area contributed by atoms with Crippen molar-refractivity contribution in [2.24, 2.45) is 0 Å². The molecule has 0 atom stereocenters. The Kier molecular flexibility index (Phi) is 9.15. The van der Waals surface area contributed by atoms with Crippen LogP contribution in [0.4, 0.5) is 5.69 Å². The zero-order chi connectivity index (χ0) is 20.4. The van der Waals surface area contributed by atoms with E-state index in [1.54, 1.807) is 19.2 Å². The Morgan fingerprint density at radius 2 is 1.93 bits per heavy atom. The van der Waals surface area contributed by atoms with E-state index in [0.29, 0.717) is 37.8 Å². The normalized spacial score (nSPS) is 10.7. The third-order valence-corrected chi connectivity index (χ3v) is 4.62. The molecule has 0 bridgehead atoms. The van der Waals surface area contributed by atoms with Gasteiger partial charge in [0, 0.05) is 35.3 Å². The van der Waals surface area contributed by atoms with E-state index in [1.807, 2.05) is 12.1 Å². The summed E-state index contributed by atoms with van der Waals surface area (Å²) in [5.74, 6) is 1.19. The fourth-order valence-corrected chi connectivity index (χ4v) is 2.91. The average Bonchev–Trinajstić information content (AvgIpc) is 2.70. The quantitative estimate of drug-likeness (QED) is 0.288. The van der Waals surface area contributed by atoms with Crippen LogP contribution in [0.15, 0.2) is 40.9 Å². The van der Waals surface area contributed by atoms with Gasteiger partial charge in [0.25, 0.3) is 5.69 Å². The highest BCUT2D eigenvalue weighted by Crippen LogP contribution is 2.36. The summed E-state index contributed by atoms with van der Waals surface area (Å²) in [4.78, 5) is 10.3. The van der Waals surface area contributed by atoms with Gasteiger partial charge in [-0.3, -0.25) is 10.1 Å². The molecular formula is C19H23BrN2O6. The predicted molar refractivity (Wildman–Crippen MR) is 108 cm³/mol. The predicted octanol–water partition coefficient (Wildman–Crippen LogP) is 3.04. The summed E-state index contributed by atoms with van der Waals surface area (Å²) < 4.78 is 17.5. The van der Waals surface area contributed by atoms with Gasteiger partial charge in [-0.15, -0.1) is 0 Å². The summed E-state index contributed by atoms with van der Waals surface area (Å²) in [5.41, 5.74) is 1.74. The molecule has 9 heteroatoms. The number of nitro benzene ring substituents is 1. The molecule has 0 amide bonds. The maximum atomic E-state index is 10.8. The van der Waals surface area contributed by atoms with Crippen molar-refractivity contribution >= 4 is 21.6 Å². The number of non-ortho nitro benzene ring substituents is 1. The van der Waals surface area contributed by atoms with E-state index in [0.717, 1.165) is 15.6 Å². The summed E-state index contributed by atoms with van der Waals surface area (Å²) in [6, 6.07) is 9.93. The van der Waals surface area contributed by atoms with Gasteiger partial charge in [-0.2, -0.15) is 0 Å². The molecule has 2 rings (SSSR count). The summed E-state index contributed by atoms with van der Waals surface area (Å²) in [7, 11) is 1.57. The minimum atomic E-state index is -0.435. The summed E-state index contributed by atoms with van der Waals surface area (Å²) in [5, 5.41) is 22.7. The number of nitrogens with zero attached hydrogens (tertiary/aromatic N) is 1. The molecule has 0 aliphatic rings. The molecule has 28 heavy (non-hydrogen) atoms. The molecule has 0 aliphatic heterocycles. The monoisotopic (exact) mass is 454 g/mol. The standard InChI is InChI=1S/C19H23BrN2O6/c1-26-18-7-6-17(20)16(12-21-8-10-27-11-9-23)19(18)28-13-14-2-4-15(5-3-14)22(24)25/h2-7,21,23H,8-13H2,1H3. The summed E-state index contributed by atoms with van der Waals surface area (Å²) in [6.45, 7) is 2.19. The SMILES string of the molecule is COc1ccc(Br)c(CNCCOCCO)c1OCc1ccc([N+](=O)[O-])cc1. The van der Waals surface area contributed by atoms with Crippen LogP contribution in [-0.4, -0.2) is 43.5 Å². The zero-order valence-corrected chi connectivity index (χ0v) is 17.1. The lowest BCUT2D eigenvalue weighted by molar-refractivity contribution is -0.384. The van der Waals surface area contributed by atoms with Gasteiger partial charge >= 0.3 is 0 Å². The van der Waals surface area contributed by atoms with Gasteiger partial charge in [0.1, 0.15) is 6.61 Å². The van der Waals surface area contributed by atoms with Crippen molar-refractivity contribution in [2.45, 2.75) is 13.2 Å². The van der Waals surface area contributed by atoms with Gasteiger partial charge in [0.2, 0.25) is 0 Å². The highest BCUT2D eigenvalue weighted by atomic mass is 79.9. The van der Waals surface area contributed by atoms with Gasteiger partial charge in [-0.05, 0) is 29.8 Å². The van der Waals surface area contributed by atoms with Crippen molar-refractivity contribution in [3.05, 3.63) is 62.1 Å². The number of hydrogen-bond donors (Lipinski definition) is 2. The number of benzene rings is 2. The maximum Gasteiger partial charge on any atom is 0.269 e. The molecule has 2 aromatic rings. The molecule has 0 radical (unpaired) electrons. The Hall–Kier alpha value is -2.20. The van der Waals surface area contributed by atoms with Crippen LogP contribution in [0.2, 0.25) is 0 Å². The summed E-state index contributed by atoms with van der Waals surface area (Å²) in [6.07, 6.45) is 0. The topological polar surface area (TPSA) is 103 Å². The Morgan fingerprint density at radius 1 is 1.18 bits per heavy atom. The Morgan fingerprint density at radius 3 is 2.57 bits per heavy atom. The van der Waals surface area contributed by atoms with Crippen molar-refractivity contribution < 1.29 is 24.2 Å². The first-order valence-electron chi connectivity index (χ1n) is 8.67. The number of nitro groups is 1. The van der Waals surface area contributed by atoms with E-state index in [2.05, 4.69) is 21.2 Å². The first-order valence-corrected chi connectivity index (χ1v) is 9.47. The van der Waals surface area contributed by atoms with E-state index in [1.165, 1.54) is 12.1 Å². The first-order chi connectivity index (χ1) is 13.6. The molecular weight excluding hydrogens is 432 g/mol. The fraction of sp³-hybridized carbons (Fsp3) is 0.368. The largest absolute Gasteiger partial charge is 0.493 e. The number of halogens is 1. The number of rotatable bonds is 12. The van der Waals surface area contributed by atoms with Crippen LogP contribution in [-0.2, 0) is 17.9 Å². The highest BCUT2D eigenvalue weighted by molar-refractivity contribution is 9.10. The van der Waals surface area contributed by atoms with Crippen molar-refractivity contribution in [1.82, 2.24) is 5.32 Å². The zero-order valence-electron chi connectivity index (χ0n) is 15.5. The van der Waals surface area contributed by atoms with Crippen LogP contribution in [0, 0.1) is 10.1 Å². The Labute approximate surface area is 171 Å². The van der Waals surface area contributed by atoms with Crippen molar-refractivity contribution in [2.75, 3.05) is 33.5 Å². The second kappa shape index (κ2) is 11.6. The second-order valence-corrected chi connectivity index (χ2v) is 6.64. The van der Waals surface area contributed by atoms with Crippen LogP contribution >= 0.6 is 15.9 Å². The van der Waals surface area contributed by atoms with E-state index in [9.17, 15) is 10.1 Å². The molecule has 0 spiro atoms. The first kappa shape index (κ1) is 22.1. The molecule has 8 nitrogen and oxygen atoms in total. The number of hydrogen-bond acceptors (Lipinski definition) is 7. The molecule has 0 aliphatic carbocycles. The van der Waals surface area contributed by atoms with Gasteiger partial charge in [0.15, 0.2) is 11.5 Å². The number of methoxy groups -OCH3 is 1. The van der Waals surface area contributed by atoms with E-state index >= 15 is 0 Å². The van der Waals surface area contributed by atoms with Gasteiger partial charge in [-0.25, -0.2) is 0 Å². The van der Waals surface area contributed by atoms with E-state index in [4.69, 9.17) is 19.3 Å². The van der Waals surface area contributed by atoms with Gasteiger partial charge < -0.3 is 24.6 Å². The van der Waals surface area contributed by atoms with Crippen molar-refractivity contribution in [3.8, 4) is 11.5 Å². The van der Waals surface area contributed by atoms with Crippen LogP contribution in [0.25, 0.3) is 0 Å². The van der Waals surface area contributed by atoms with E-state index < -0.39 is 4.92 Å². The van der Waals surface area contributed by atoms with Crippen LogP contribution in [0.3, 0.4) is 0 Å². The minimum absolute atomic E-state index is 0.00205. The number of ether oxygens (including phenoxy) is 3. The lowest BCUT2D eigenvalue weighted by Gasteiger charge is -2.17. The molecule has 0 saturated carbocycles. The maximum absolute atomic E-state index is 10.8. The smallest absolute Gasteiger partial charge is 0.269 e. The highest BCUT2D eigenvalue weighted by Gasteiger charge is 2.15. The molecule has 0 fully saturated rings. The molecule has 152 valence electrons. The Balaban J connectivity index is 2.06. The minimum Gasteiger partial charge on any atom is -0.493 e. The van der Waals surface area contributed by atoms with Crippen molar-refractivity contribution in [3.63, 3.8) is 0 Å². The third-order valence-electron chi connectivity index (χ3n) is 3.88. The van der Waals surface area contributed by atoms with Crippen LogP contribution in [0.5, 0.6) is 11.5 Å². The fourth-order valence-electron chi connectivity index (χ4n) is 2.46. The lowest BCUT2D eigenvalue weighted by Crippen LogP contribution is -2.20. The lowest BCUT2D eigenvalue weighted by atomic mass is 10.1. The number of nitrogens with one attached hydrogen (secondary N) is 1. The number of aliphatic hydroxyl groups excluding tert-OH is 1. The molecule has 0 saturated heterocycles. The third kappa shape index (κ3) is 6.45. The molecule has 2 N–H and O–H groups in total. The number of aliphatic hydroxyl groups is 1. The molecule has 2 aromatic carbocycles. The summed E-state index contributed by atoms with van der Waals surface area (Å²) >= 11 is 3.54. The van der Waals surface area contributed by atoms with E-state index in [-0.39, 0.29) is 18.9 Å². The van der Waals surface area contributed by atoms with Crippen molar-refractivity contribution in [1.29, 1.82) is 0 Å². The average molecular weight is 455 g/mol. The Bertz CT molecular complexity index is 770. The molecule has 0 unspecified atom stereocenters.